The van der Waals surface area contributed by atoms with Gasteiger partial charge in [-0.2, -0.15) is 10.1 Å². The molecule has 0 bridgehead atoms. The molecule has 210 valence electrons. The summed E-state index contributed by atoms with van der Waals surface area (Å²) in [6.07, 6.45) is 0. The Morgan fingerprint density at radius 1 is 0.902 bits per heavy atom. The molecule has 1 spiro atoms. The Morgan fingerprint density at radius 2 is 1.54 bits per heavy atom. The summed E-state index contributed by atoms with van der Waals surface area (Å²) in [5.41, 5.74) is 1.01. The maximum absolute atomic E-state index is 14.9. The van der Waals surface area contributed by atoms with Crippen LogP contribution in [0.5, 0.6) is 0 Å². The number of benzene rings is 3. The van der Waals surface area contributed by atoms with Crippen molar-refractivity contribution < 1.29 is 23.9 Å². The van der Waals surface area contributed by atoms with Crippen LogP contribution in [-0.4, -0.2) is 47.2 Å². The number of esters is 2. The van der Waals surface area contributed by atoms with Gasteiger partial charge >= 0.3 is 11.9 Å². The van der Waals surface area contributed by atoms with Crippen LogP contribution in [-0.2, 0) is 30.4 Å². The van der Waals surface area contributed by atoms with Crippen LogP contribution in [0.15, 0.2) is 106 Å². The van der Waals surface area contributed by atoms with E-state index < -0.39 is 23.4 Å². The van der Waals surface area contributed by atoms with Crippen LogP contribution in [0.1, 0.15) is 37.8 Å². The summed E-state index contributed by atoms with van der Waals surface area (Å²) in [6.45, 7) is 5.48. The molecule has 2 atom stereocenters. The fraction of sp³-hybridized carbons (Fsp3) is 0.250. The van der Waals surface area contributed by atoms with Crippen molar-refractivity contribution >= 4 is 45.2 Å². The van der Waals surface area contributed by atoms with Crippen LogP contribution >= 0.6 is 15.9 Å². The van der Waals surface area contributed by atoms with E-state index in [1.54, 1.807) is 37.8 Å². The summed E-state index contributed by atoms with van der Waals surface area (Å²) >= 11 is 3.55. The van der Waals surface area contributed by atoms with Gasteiger partial charge in [0, 0.05) is 11.0 Å². The van der Waals surface area contributed by atoms with Crippen LogP contribution in [0.2, 0.25) is 0 Å². The number of halogens is 1. The maximum atomic E-state index is 14.9. The molecule has 2 aliphatic heterocycles. The van der Waals surface area contributed by atoms with E-state index in [9.17, 15) is 14.4 Å². The molecule has 0 saturated carbocycles. The summed E-state index contributed by atoms with van der Waals surface area (Å²) < 4.78 is 11.8. The second-order valence-corrected chi connectivity index (χ2v) is 10.6. The largest absolute Gasteiger partial charge is 0.463 e. The first kappa shape index (κ1) is 28.3. The number of nitrogens with zero attached hydrogens (tertiary/aromatic N) is 3. The van der Waals surface area contributed by atoms with E-state index in [1.807, 2.05) is 72.8 Å². The predicted octanol–water partition coefficient (Wildman–Crippen LogP) is 5.59. The molecule has 2 heterocycles. The highest BCUT2D eigenvalue weighted by Crippen LogP contribution is 2.54. The molecule has 2 aliphatic rings. The molecule has 9 heteroatoms. The van der Waals surface area contributed by atoms with Gasteiger partial charge < -0.3 is 14.4 Å². The van der Waals surface area contributed by atoms with Crippen LogP contribution < -0.4 is 5.01 Å². The molecular formula is C32H30BrN3O5. The van der Waals surface area contributed by atoms with Gasteiger partial charge in [-0.1, -0.05) is 76.6 Å². The number of hydrogen-bond acceptors (Lipinski definition) is 7. The van der Waals surface area contributed by atoms with Crippen molar-refractivity contribution in [2.45, 2.75) is 38.8 Å². The van der Waals surface area contributed by atoms with Gasteiger partial charge in [0.25, 0.3) is 5.91 Å². The van der Waals surface area contributed by atoms with Crippen molar-refractivity contribution in [1.29, 1.82) is 0 Å². The SMILES string of the molecule is CCOC(=O)C1=C(C(=O)OCC)N(Cc2ccccc2)C2(C(=O)N(c3ccccc3)N=C2C)C1c1cccc(Br)c1. The average molecular weight is 617 g/mol. The highest BCUT2D eigenvalue weighted by Gasteiger charge is 2.67. The standard InChI is InChI=1S/C32H30BrN3O5/c1-4-40-29(37)26-27(23-15-12-16-24(33)19-23)32(21(3)34-36(31(32)39)25-17-10-7-11-18-25)35(28(26)30(38)41-5-2)20-22-13-8-6-9-14-22/h6-19,27H,4-5,20H2,1-3H3. The molecule has 0 aromatic heterocycles. The van der Waals surface area contributed by atoms with Gasteiger partial charge in [-0.15, -0.1) is 0 Å². The van der Waals surface area contributed by atoms with E-state index in [0.717, 1.165) is 10.0 Å². The monoisotopic (exact) mass is 615 g/mol. The van der Waals surface area contributed by atoms with Gasteiger partial charge in [-0.05, 0) is 56.2 Å². The summed E-state index contributed by atoms with van der Waals surface area (Å²) in [4.78, 5) is 44.2. The zero-order chi connectivity index (χ0) is 29.1. The first-order valence-corrected chi connectivity index (χ1v) is 14.2. The molecule has 0 N–H and O–H groups in total. The number of para-hydroxylation sites is 1. The average Bonchev–Trinajstić information content (AvgIpc) is 3.42. The summed E-state index contributed by atoms with van der Waals surface area (Å²) in [7, 11) is 0. The summed E-state index contributed by atoms with van der Waals surface area (Å²) in [5.74, 6) is -2.70. The lowest BCUT2D eigenvalue weighted by Crippen LogP contribution is -2.59. The van der Waals surface area contributed by atoms with E-state index in [0.29, 0.717) is 17.0 Å². The molecule has 8 nitrogen and oxygen atoms in total. The molecule has 41 heavy (non-hydrogen) atoms. The molecule has 5 rings (SSSR count). The van der Waals surface area contributed by atoms with Gasteiger partial charge in [-0.25, -0.2) is 9.59 Å². The number of carbonyl (C=O) groups is 3. The number of rotatable bonds is 8. The predicted molar refractivity (Wildman–Crippen MR) is 159 cm³/mol. The Labute approximate surface area is 247 Å². The minimum atomic E-state index is -1.56. The van der Waals surface area contributed by atoms with Gasteiger partial charge in [0.15, 0.2) is 5.54 Å². The topological polar surface area (TPSA) is 88.5 Å². The van der Waals surface area contributed by atoms with E-state index >= 15 is 0 Å². The third-order valence-electron chi connectivity index (χ3n) is 7.31. The number of amides is 1. The number of ether oxygens (including phenoxy) is 2. The van der Waals surface area contributed by atoms with Crippen molar-refractivity contribution in [2.24, 2.45) is 5.10 Å². The maximum Gasteiger partial charge on any atom is 0.355 e. The van der Waals surface area contributed by atoms with Crippen molar-refractivity contribution in [1.82, 2.24) is 4.90 Å². The number of hydrogen-bond donors (Lipinski definition) is 0. The number of carbonyl (C=O) groups excluding carboxylic acids is 3. The Hall–Kier alpha value is -4.24. The molecule has 3 aromatic rings. The molecule has 1 amide bonds. The smallest absolute Gasteiger partial charge is 0.355 e. The fourth-order valence-corrected chi connectivity index (χ4v) is 6.12. The number of hydrazone groups is 1. The van der Waals surface area contributed by atoms with Crippen LogP contribution in [0.3, 0.4) is 0 Å². The lowest BCUT2D eigenvalue weighted by atomic mass is 9.73. The second kappa shape index (κ2) is 11.7. The molecule has 0 radical (unpaired) electrons. The van der Waals surface area contributed by atoms with Gasteiger partial charge in [0.2, 0.25) is 0 Å². The molecule has 2 unspecified atom stereocenters. The third kappa shape index (κ3) is 4.84. The fourth-order valence-electron chi connectivity index (χ4n) is 5.71. The molecule has 0 fully saturated rings. The number of anilines is 1. The zero-order valence-corrected chi connectivity index (χ0v) is 24.6. The Kier molecular flexibility index (Phi) is 8.08. The summed E-state index contributed by atoms with van der Waals surface area (Å²) in [5, 5.41) is 6.12. The van der Waals surface area contributed by atoms with Gasteiger partial charge in [0.05, 0.1) is 36.1 Å². The minimum absolute atomic E-state index is 0.00283. The Bertz CT molecular complexity index is 1540. The van der Waals surface area contributed by atoms with Crippen molar-refractivity contribution in [3.63, 3.8) is 0 Å². The molecular weight excluding hydrogens is 586 g/mol. The van der Waals surface area contributed by atoms with E-state index in [-0.39, 0.29) is 36.9 Å². The molecule has 0 aliphatic carbocycles. The van der Waals surface area contributed by atoms with Gasteiger partial charge in [-0.3, -0.25) is 4.79 Å². The highest BCUT2D eigenvalue weighted by atomic mass is 79.9. The highest BCUT2D eigenvalue weighted by molar-refractivity contribution is 9.10. The van der Waals surface area contributed by atoms with Crippen molar-refractivity contribution in [3.05, 3.63) is 112 Å². The van der Waals surface area contributed by atoms with Gasteiger partial charge in [0.1, 0.15) is 5.70 Å². The lowest BCUT2D eigenvalue weighted by molar-refractivity contribution is -0.143. The zero-order valence-electron chi connectivity index (χ0n) is 23.0. The normalized spacial score (nSPS) is 20.0. The van der Waals surface area contributed by atoms with E-state index in [1.165, 1.54) is 5.01 Å². The van der Waals surface area contributed by atoms with Crippen LogP contribution in [0.4, 0.5) is 5.69 Å². The summed E-state index contributed by atoms with van der Waals surface area (Å²) in [6, 6.07) is 26.0. The molecule has 0 saturated heterocycles. The second-order valence-electron chi connectivity index (χ2n) is 9.67. The Morgan fingerprint density at radius 3 is 2.17 bits per heavy atom. The van der Waals surface area contributed by atoms with E-state index in [2.05, 4.69) is 15.9 Å². The lowest BCUT2D eigenvalue weighted by Gasteiger charge is -2.40. The van der Waals surface area contributed by atoms with Crippen molar-refractivity contribution in [2.75, 3.05) is 18.2 Å². The third-order valence-corrected chi connectivity index (χ3v) is 7.80. The first-order valence-electron chi connectivity index (χ1n) is 13.4. The first-order chi connectivity index (χ1) is 19.8. The van der Waals surface area contributed by atoms with Crippen LogP contribution in [0, 0.1) is 0 Å². The quantitative estimate of drug-likeness (QED) is 0.307. The molecule has 3 aromatic carbocycles. The van der Waals surface area contributed by atoms with Crippen LogP contribution in [0.25, 0.3) is 0 Å². The van der Waals surface area contributed by atoms with E-state index in [4.69, 9.17) is 14.6 Å². The van der Waals surface area contributed by atoms with Crippen molar-refractivity contribution in [3.8, 4) is 0 Å². The Balaban J connectivity index is 1.84. The minimum Gasteiger partial charge on any atom is -0.463 e.